The summed E-state index contributed by atoms with van der Waals surface area (Å²) in [4.78, 5) is 28.2. The van der Waals surface area contributed by atoms with E-state index in [2.05, 4.69) is 10.6 Å². The van der Waals surface area contributed by atoms with E-state index >= 15 is 0 Å². The van der Waals surface area contributed by atoms with Crippen LogP contribution in [0.1, 0.15) is 18.4 Å². The average molecular weight is 472 g/mol. The summed E-state index contributed by atoms with van der Waals surface area (Å²) >= 11 is 0. The number of halogens is 1. The van der Waals surface area contributed by atoms with E-state index in [4.69, 9.17) is 10.5 Å². The molecule has 2 atom stereocenters. The van der Waals surface area contributed by atoms with E-state index in [1.165, 1.54) is 12.1 Å². The van der Waals surface area contributed by atoms with Crippen molar-refractivity contribution in [2.75, 3.05) is 49.2 Å². The summed E-state index contributed by atoms with van der Waals surface area (Å²) < 4.78 is 19.0. The third-order valence-electron chi connectivity index (χ3n) is 6.50. The van der Waals surface area contributed by atoms with Gasteiger partial charge in [0.1, 0.15) is 17.6 Å². The van der Waals surface area contributed by atoms with E-state index < -0.39 is 17.8 Å². The molecule has 182 valence electrons. The van der Waals surface area contributed by atoms with Gasteiger partial charge in [-0.15, -0.1) is 0 Å². The predicted molar refractivity (Wildman–Crippen MR) is 128 cm³/mol. The van der Waals surface area contributed by atoms with Crippen LogP contribution in [0.2, 0.25) is 0 Å². The Balaban J connectivity index is 1.37. The number of anilines is 3. The molecule has 0 aliphatic carbocycles. The predicted octanol–water partition coefficient (Wildman–Crippen LogP) is 1.88. The van der Waals surface area contributed by atoms with E-state index in [0.29, 0.717) is 38.3 Å². The number of nitrogens with one attached hydrogen (secondary N) is 2. The van der Waals surface area contributed by atoms with E-state index in [1.807, 2.05) is 23.1 Å². The van der Waals surface area contributed by atoms with E-state index in [1.54, 1.807) is 18.1 Å². The molecule has 1 saturated heterocycles. The van der Waals surface area contributed by atoms with E-state index in [9.17, 15) is 19.1 Å². The van der Waals surface area contributed by atoms with Gasteiger partial charge in [-0.25, -0.2) is 4.39 Å². The average Bonchev–Trinajstić information content (AvgIpc) is 2.84. The van der Waals surface area contributed by atoms with Crippen molar-refractivity contribution in [3.8, 4) is 5.75 Å². The Morgan fingerprint density at radius 3 is 2.85 bits per heavy atom. The zero-order valence-electron chi connectivity index (χ0n) is 19.1. The molecule has 0 radical (unpaired) electrons. The fourth-order valence-electron chi connectivity index (χ4n) is 4.55. The van der Waals surface area contributed by atoms with Crippen LogP contribution in [0.5, 0.6) is 5.75 Å². The molecule has 0 spiro atoms. The Morgan fingerprint density at radius 1 is 1.29 bits per heavy atom. The van der Waals surface area contributed by atoms with Crippen molar-refractivity contribution in [3.63, 3.8) is 0 Å². The van der Waals surface area contributed by atoms with Crippen LogP contribution in [0.25, 0.3) is 0 Å². The Kier molecular flexibility index (Phi) is 7.18. The summed E-state index contributed by atoms with van der Waals surface area (Å²) in [5, 5.41) is 16.3. The highest BCUT2D eigenvalue weighted by Crippen LogP contribution is 2.33. The summed E-state index contributed by atoms with van der Waals surface area (Å²) in [6.45, 7) is 2.03. The lowest BCUT2D eigenvalue weighted by atomic mass is 9.96. The second-order valence-corrected chi connectivity index (χ2v) is 8.63. The largest absolute Gasteiger partial charge is 0.497 e. The lowest BCUT2D eigenvalue weighted by Crippen LogP contribution is -2.54. The maximum absolute atomic E-state index is 13.7. The molecule has 2 aromatic rings. The van der Waals surface area contributed by atoms with Crippen molar-refractivity contribution in [2.24, 2.45) is 0 Å². The number of likely N-dealkylation sites (tertiary alicyclic amines) is 1. The zero-order chi connectivity index (χ0) is 24.2. The number of rotatable bonds is 8. The lowest BCUT2D eigenvalue weighted by Gasteiger charge is -2.39. The van der Waals surface area contributed by atoms with Gasteiger partial charge in [0.05, 0.1) is 30.7 Å². The second kappa shape index (κ2) is 10.3. The standard InChI is InChI=1S/C24H30FN5O4/c1-34-17-3-5-20-21(12-17)30(23(31)14-28-20)9-8-29-7-6-16(11-22(29)24(32)33)27-13-15-2-4-19(26)18(25)10-15/h2-5,10,12,16,22,27-28H,6-9,11,13-14,26H2,1H3,(H,32,33). The van der Waals surface area contributed by atoms with Gasteiger partial charge in [-0.1, -0.05) is 6.07 Å². The molecule has 2 aliphatic rings. The number of amides is 1. The van der Waals surface area contributed by atoms with Gasteiger partial charge in [0, 0.05) is 38.3 Å². The molecular weight excluding hydrogens is 441 g/mol. The highest BCUT2D eigenvalue weighted by molar-refractivity contribution is 6.02. The Bertz CT molecular complexity index is 1070. The third kappa shape index (κ3) is 5.23. The number of methoxy groups -OCH3 is 1. The van der Waals surface area contributed by atoms with Gasteiger partial charge in [-0.2, -0.15) is 0 Å². The maximum Gasteiger partial charge on any atom is 0.320 e. The monoisotopic (exact) mass is 471 g/mol. The van der Waals surface area contributed by atoms with Crippen LogP contribution in [-0.4, -0.2) is 67.3 Å². The van der Waals surface area contributed by atoms with Gasteiger partial charge in [0.25, 0.3) is 0 Å². The van der Waals surface area contributed by atoms with Crippen LogP contribution >= 0.6 is 0 Å². The van der Waals surface area contributed by atoms with Gasteiger partial charge >= 0.3 is 5.97 Å². The topological polar surface area (TPSA) is 120 Å². The summed E-state index contributed by atoms with van der Waals surface area (Å²) in [6, 6.07) is 9.51. The smallest absolute Gasteiger partial charge is 0.320 e. The number of carbonyl (C=O) groups is 2. The fourth-order valence-corrected chi connectivity index (χ4v) is 4.55. The molecule has 0 aromatic heterocycles. The van der Waals surface area contributed by atoms with Gasteiger partial charge in [-0.3, -0.25) is 14.5 Å². The number of piperidine rings is 1. The number of aliphatic carboxylic acids is 1. The van der Waals surface area contributed by atoms with Crippen LogP contribution < -0.4 is 26.0 Å². The Hall–Kier alpha value is -3.37. The number of benzene rings is 2. The zero-order valence-corrected chi connectivity index (χ0v) is 19.1. The molecule has 4 rings (SSSR count). The van der Waals surface area contributed by atoms with Crippen molar-refractivity contribution in [1.82, 2.24) is 10.2 Å². The first-order valence-corrected chi connectivity index (χ1v) is 11.3. The SMILES string of the molecule is COc1ccc2c(c1)N(CCN1CCC(NCc3ccc(N)c(F)c3)CC1C(=O)O)C(=O)CN2. The van der Waals surface area contributed by atoms with Crippen LogP contribution in [-0.2, 0) is 16.1 Å². The highest BCUT2D eigenvalue weighted by atomic mass is 19.1. The number of carboxylic acid groups (broad SMARTS) is 1. The third-order valence-corrected chi connectivity index (χ3v) is 6.50. The van der Waals surface area contributed by atoms with Crippen LogP contribution in [0.4, 0.5) is 21.5 Å². The van der Waals surface area contributed by atoms with Gasteiger partial charge in [0.2, 0.25) is 5.91 Å². The summed E-state index contributed by atoms with van der Waals surface area (Å²) in [5.41, 5.74) is 7.96. The summed E-state index contributed by atoms with van der Waals surface area (Å²) in [7, 11) is 1.57. The minimum atomic E-state index is -0.890. The van der Waals surface area contributed by atoms with Crippen molar-refractivity contribution in [2.45, 2.75) is 31.5 Å². The number of hydrogen-bond donors (Lipinski definition) is 4. The van der Waals surface area contributed by atoms with E-state index in [0.717, 1.165) is 23.4 Å². The molecule has 10 heteroatoms. The Morgan fingerprint density at radius 2 is 2.12 bits per heavy atom. The molecule has 2 aromatic carbocycles. The first-order chi connectivity index (χ1) is 16.4. The first-order valence-electron chi connectivity index (χ1n) is 11.3. The molecular formula is C24H30FN5O4. The summed E-state index contributed by atoms with van der Waals surface area (Å²) in [6.07, 6.45) is 1.17. The molecule has 1 amide bonds. The van der Waals surface area contributed by atoms with E-state index in [-0.39, 0.29) is 24.2 Å². The van der Waals surface area contributed by atoms with Crippen LogP contribution in [0.15, 0.2) is 36.4 Å². The van der Waals surface area contributed by atoms with Crippen molar-refractivity contribution >= 4 is 28.9 Å². The van der Waals surface area contributed by atoms with Crippen molar-refractivity contribution in [3.05, 3.63) is 47.8 Å². The van der Waals surface area contributed by atoms with Gasteiger partial charge < -0.3 is 31.1 Å². The lowest BCUT2D eigenvalue weighted by molar-refractivity contribution is -0.145. The van der Waals surface area contributed by atoms with Crippen molar-refractivity contribution < 1.29 is 23.8 Å². The number of nitrogens with zero attached hydrogens (tertiary/aromatic N) is 2. The Labute approximate surface area is 197 Å². The number of ether oxygens (including phenoxy) is 1. The molecule has 1 fully saturated rings. The summed E-state index contributed by atoms with van der Waals surface area (Å²) in [5.74, 6) is -0.769. The van der Waals surface area contributed by atoms with Crippen LogP contribution in [0, 0.1) is 5.82 Å². The molecule has 5 N–H and O–H groups in total. The molecule has 34 heavy (non-hydrogen) atoms. The number of hydrogen-bond acceptors (Lipinski definition) is 7. The van der Waals surface area contributed by atoms with Crippen molar-refractivity contribution in [1.29, 1.82) is 0 Å². The molecule has 2 aliphatic heterocycles. The van der Waals surface area contributed by atoms with Crippen LogP contribution in [0.3, 0.4) is 0 Å². The number of nitrogen functional groups attached to an aromatic ring is 1. The quantitative estimate of drug-likeness (QED) is 0.431. The highest BCUT2D eigenvalue weighted by Gasteiger charge is 2.34. The fraction of sp³-hybridized carbons (Fsp3) is 0.417. The number of nitrogens with two attached hydrogens (primary N) is 1. The first kappa shape index (κ1) is 23.8. The number of carbonyl (C=O) groups excluding carboxylic acids is 1. The maximum atomic E-state index is 13.7. The minimum absolute atomic E-state index is 0.0104. The second-order valence-electron chi connectivity index (χ2n) is 8.63. The molecule has 0 saturated carbocycles. The van der Waals surface area contributed by atoms with Gasteiger partial charge in [0.15, 0.2) is 0 Å². The normalized spacial score (nSPS) is 20.5. The molecule has 9 nitrogen and oxygen atoms in total. The number of fused-ring (bicyclic) bond motifs is 1. The van der Waals surface area contributed by atoms with Gasteiger partial charge in [-0.05, 0) is 42.7 Å². The number of carboxylic acids is 1. The molecule has 2 heterocycles. The molecule has 2 unspecified atom stereocenters. The molecule has 0 bridgehead atoms. The minimum Gasteiger partial charge on any atom is -0.497 e.